The molecular weight excluding hydrogens is 216 g/mol. The molecule has 1 atom stereocenters. The first-order valence-corrected chi connectivity index (χ1v) is 4.90. The Morgan fingerprint density at radius 2 is 2.31 bits per heavy atom. The summed E-state index contributed by atoms with van der Waals surface area (Å²) in [6.07, 6.45) is 1.57. The van der Waals surface area contributed by atoms with E-state index in [0.717, 1.165) is 0 Å². The number of carbonyl (C=O) groups is 2. The zero-order valence-electron chi connectivity index (χ0n) is 8.79. The summed E-state index contributed by atoms with van der Waals surface area (Å²) in [5.74, 6) is -2.19. The van der Waals surface area contributed by atoms with E-state index in [1.807, 2.05) is 0 Å². The molecule has 0 saturated carbocycles. The van der Waals surface area contributed by atoms with Crippen LogP contribution in [0.15, 0.2) is 4.99 Å². The van der Waals surface area contributed by atoms with Gasteiger partial charge in [0, 0.05) is 0 Å². The van der Waals surface area contributed by atoms with Gasteiger partial charge in [-0.3, -0.25) is 4.48 Å². The lowest BCUT2D eigenvalue weighted by Gasteiger charge is -2.30. The van der Waals surface area contributed by atoms with Crippen LogP contribution in [0.4, 0.5) is 0 Å². The van der Waals surface area contributed by atoms with Crippen molar-refractivity contribution in [1.82, 2.24) is 0 Å². The third kappa shape index (κ3) is 3.95. The normalized spacial score (nSPS) is 23.5. The summed E-state index contributed by atoms with van der Waals surface area (Å²) >= 11 is 0. The van der Waals surface area contributed by atoms with Gasteiger partial charge in [-0.2, -0.15) is 0 Å². The Hall–Kier alpha value is -1.47. The number of rotatable bonds is 7. The van der Waals surface area contributed by atoms with Gasteiger partial charge < -0.3 is 19.7 Å². The zero-order valence-corrected chi connectivity index (χ0v) is 8.79. The van der Waals surface area contributed by atoms with Gasteiger partial charge in [0.25, 0.3) is 0 Å². The van der Waals surface area contributed by atoms with Crippen molar-refractivity contribution in [2.24, 2.45) is 4.99 Å². The van der Waals surface area contributed by atoms with Gasteiger partial charge in [-0.1, -0.05) is 0 Å². The molecule has 0 aliphatic carbocycles. The van der Waals surface area contributed by atoms with Gasteiger partial charge in [-0.15, -0.1) is 0 Å². The molecule has 0 spiro atoms. The van der Waals surface area contributed by atoms with E-state index < -0.39 is 11.9 Å². The molecule has 0 fully saturated rings. The number of aliphatic carboxylic acids is 2. The maximum Gasteiger partial charge on any atom is 0.329 e. The Morgan fingerprint density at radius 1 is 1.56 bits per heavy atom. The highest BCUT2D eigenvalue weighted by Crippen LogP contribution is 2.08. The zero-order chi connectivity index (χ0) is 12.0. The SMILES string of the molecule is O=C([O-])C[N+]1(CCOCC(=O)O)C=NCC1. The van der Waals surface area contributed by atoms with Crippen LogP contribution >= 0.6 is 0 Å². The Kier molecular flexibility index (Phi) is 4.39. The van der Waals surface area contributed by atoms with Gasteiger partial charge in [0.15, 0.2) is 6.34 Å². The predicted octanol–water partition coefficient (Wildman–Crippen LogP) is -2.30. The summed E-state index contributed by atoms with van der Waals surface area (Å²) < 4.78 is 5.04. The van der Waals surface area contributed by atoms with Crippen molar-refractivity contribution in [3.8, 4) is 0 Å². The molecule has 7 nitrogen and oxygen atoms in total. The molecule has 1 heterocycles. The van der Waals surface area contributed by atoms with E-state index in [1.165, 1.54) is 0 Å². The van der Waals surface area contributed by atoms with Crippen molar-refractivity contribution in [3.63, 3.8) is 0 Å². The molecule has 0 bridgehead atoms. The number of carboxylic acid groups (broad SMARTS) is 2. The van der Waals surface area contributed by atoms with E-state index in [4.69, 9.17) is 9.84 Å². The second-order valence-electron chi connectivity index (χ2n) is 3.66. The molecule has 0 aromatic carbocycles. The van der Waals surface area contributed by atoms with Crippen LogP contribution in [0.3, 0.4) is 0 Å². The Bertz CT molecular complexity index is 304. The monoisotopic (exact) mass is 230 g/mol. The lowest BCUT2D eigenvalue weighted by molar-refractivity contribution is -0.823. The van der Waals surface area contributed by atoms with Crippen LogP contribution in [-0.2, 0) is 14.3 Å². The standard InChI is InChI=1S/C9H14N2O5/c12-8(13)5-11(2-1-10-7-11)3-4-16-6-9(14)15/h7H,1-6H2,(H-,12,13,14,15). The van der Waals surface area contributed by atoms with Gasteiger partial charge in [0.1, 0.15) is 26.2 Å². The highest BCUT2D eigenvalue weighted by atomic mass is 16.5. The number of nitrogens with zero attached hydrogens (tertiary/aromatic N) is 2. The summed E-state index contributed by atoms with van der Waals surface area (Å²) in [5, 5.41) is 18.9. The number of quaternary nitrogens is 1. The van der Waals surface area contributed by atoms with Gasteiger partial charge in [0.05, 0.1) is 19.1 Å². The first-order valence-electron chi connectivity index (χ1n) is 4.90. The minimum absolute atomic E-state index is 0.153. The molecule has 1 N–H and O–H groups in total. The van der Waals surface area contributed by atoms with Crippen LogP contribution in [0.25, 0.3) is 0 Å². The van der Waals surface area contributed by atoms with Crippen LogP contribution in [-0.4, -0.2) is 67.3 Å². The average molecular weight is 230 g/mol. The first kappa shape index (κ1) is 12.6. The summed E-state index contributed by atoms with van der Waals surface area (Å²) in [6, 6.07) is 0. The van der Waals surface area contributed by atoms with Crippen LogP contribution < -0.4 is 5.11 Å². The fourth-order valence-corrected chi connectivity index (χ4v) is 1.58. The van der Waals surface area contributed by atoms with Crippen molar-refractivity contribution >= 4 is 18.3 Å². The number of ether oxygens (including phenoxy) is 1. The fourth-order valence-electron chi connectivity index (χ4n) is 1.58. The predicted molar refractivity (Wildman–Crippen MR) is 51.7 cm³/mol. The number of carboxylic acids is 2. The molecule has 1 rings (SSSR count). The topological polar surface area (TPSA) is 99.0 Å². The lowest BCUT2D eigenvalue weighted by atomic mass is 10.4. The summed E-state index contributed by atoms with van der Waals surface area (Å²) in [5.41, 5.74) is 0. The van der Waals surface area contributed by atoms with Gasteiger partial charge in [0.2, 0.25) is 0 Å². The number of aliphatic imine (C=N–C) groups is 1. The molecule has 0 saturated heterocycles. The molecule has 0 aromatic heterocycles. The number of hydrogen-bond donors (Lipinski definition) is 1. The lowest BCUT2D eigenvalue weighted by Crippen LogP contribution is -2.53. The second kappa shape index (κ2) is 5.57. The van der Waals surface area contributed by atoms with Crippen LogP contribution in [0, 0.1) is 0 Å². The van der Waals surface area contributed by atoms with E-state index >= 15 is 0 Å². The Balaban J connectivity index is 2.37. The van der Waals surface area contributed by atoms with Gasteiger partial charge >= 0.3 is 5.97 Å². The highest BCUT2D eigenvalue weighted by Gasteiger charge is 2.29. The summed E-state index contributed by atoms with van der Waals surface area (Å²) in [7, 11) is 0. The third-order valence-electron chi connectivity index (χ3n) is 2.35. The number of hydrogen-bond acceptors (Lipinski definition) is 5. The van der Waals surface area contributed by atoms with Crippen molar-refractivity contribution in [2.45, 2.75) is 0 Å². The van der Waals surface area contributed by atoms with Crippen LogP contribution in [0.1, 0.15) is 0 Å². The van der Waals surface area contributed by atoms with E-state index in [0.29, 0.717) is 19.6 Å². The summed E-state index contributed by atoms with van der Waals surface area (Å²) in [4.78, 5) is 24.8. The van der Waals surface area contributed by atoms with E-state index in [1.54, 1.807) is 6.34 Å². The van der Waals surface area contributed by atoms with Crippen molar-refractivity contribution in [2.75, 3.05) is 39.4 Å². The second-order valence-corrected chi connectivity index (χ2v) is 3.66. The van der Waals surface area contributed by atoms with E-state index in [9.17, 15) is 14.7 Å². The molecule has 0 radical (unpaired) electrons. The molecule has 1 aliphatic heterocycles. The van der Waals surface area contributed by atoms with E-state index in [2.05, 4.69) is 4.99 Å². The van der Waals surface area contributed by atoms with Crippen LogP contribution in [0.5, 0.6) is 0 Å². The van der Waals surface area contributed by atoms with Gasteiger partial charge in [-0.05, 0) is 0 Å². The molecule has 16 heavy (non-hydrogen) atoms. The molecule has 1 unspecified atom stereocenters. The molecule has 1 aliphatic rings. The van der Waals surface area contributed by atoms with Crippen molar-refractivity contribution in [1.29, 1.82) is 0 Å². The molecule has 90 valence electrons. The van der Waals surface area contributed by atoms with Crippen molar-refractivity contribution < 1.29 is 29.0 Å². The third-order valence-corrected chi connectivity index (χ3v) is 2.35. The Morgan fingerprint density at radius 3 is 2.81 bits per heavy atom. The largest absolute Gasteiger partial charge is 0.544 e. The average Bonchev–Trinajstić information content (AvgIpc) is 2.60. The maximum absolute atomic E-state index is 10.6. The Labute approximate surface area is 92.5 Å². The summed E-state index contributed by atoms with van der Waals surface area (Å²) in [6.45, 7) is 1.22. The smallest absolute Gasteiger partial charge is 0.329 e. The minimum atomic E-state index is -1.15. The number of carbonyl (C=O) groups excluding carboxylic acids is 1. The van der Waals surface area contributed by atoms with Crippen LogP contribution in [0.2, 0.25) is 0 Å². The van der Waals surface area contributed by atoms with Crippen molar-refractivity contribution in [3.05, 3.63) is 0 Å². The van der Waals surface area contributed by atoms with Gasteiger partial charge in [-0.25, -0.2) is 9.79 Å². The molecule has 0 aromatic rings. The molecular formula is C9H14N2O5. The maximum atomic E-state index is 10.6. The highest BCUT2D eigenvalue weighted by molar-refractivity contribution is 5.68. The minimum Gasteiger partial charge on any atom is -0.544 e. The molecule has 0 amide bonds. The van der Waals surface area contributed by atoms with E-state index in [-0.39, 0.29) is 24.2 Å². The molecule has 7 heteroatoms. The first-order chi connectivity index (χ1) is 7.54. The fraction of sp³-hybridized carbons (Fsp3) is 0.667. The quantitative estimate of drug-likeness (QED) is 0.391.